The lowest BCUT2D eigenvalue weighted by Gasteiger charge is -2.33. The van der Waals surface area contributed by atoms with Crippen molar-refractivity contribution in [1.29, 1.82) is 0 Å². The van der Waals surface area contributed by atoms with Crippen LogP contribution in [0.4, 0.5) is 0 Å². The summed E-state index contributed by atoms with van der Waals surface area (Å²) in [5.74, 6) is 0.165. The molecule has 3 heterocycles. The Labute approximate surface area is 128 Å². The molecule has 5 heteroatoms. The second kappa shape index (κ2) is 4.94. The van der Waals surface area contributed by atoms with Gasteiger partial charge >= 0.3 is 0 Å². The summed E-state index contributed by atoms with van der Waals surface area (Å²) in [6, 6.07) is 4.33. The van der Waals surface area contributed by atoms with E-state index in [0.29, 0.717) is 0 Å². The maximum atomic E-state index is 12.5. The van der Waals surface area contributed by atoms with Crippen LogP contribution < -0.4 is 0 Å². The lowest BCUT2D eigenvalue weighted by atomic mass is 10.0. The Morgan fingerprint density at radius 1 is 1.50 bits per heavy atom. The van der Waals surface area contributed by atoms with E-state index in [9.17, 15) is 4.79 Å². The van der Waals surface area contributed by atoms with Crippen LogP contribution in [0.2, 0.25) is 0 Å². The van der Waals surface area contributed by atoms with E-state index >= 15 is 0 Å². The quantitative estimate of drug-likeness (QED) is 0.671. The van der Waals surface area contributed by atoms with Crippen LogP contribution in [0.5, 0.6) is 0 Å². The molecule has 3 rings (SSSR count). The Morgan fingerprint density at radius 3 is 3.06 bits per heavy atom. The number of fused-ring (bicyclic) bond motifs is 1. The Hall–Kier alpha value is -0.400. The average molecular weight is 389 g/mol. The van der Waals surface area contributed by atoms with Gasteiger partial charge in [-0.1, -0.05) is 0 Å². The molecule has 2 aromatic rings. The lowest BCUT2D eigenvalue weighted by Crippen LogP contribution is -2.38. The standard InChI is InChI=1S/C13H12INOS2/c1-8-10-3-5-17-11(10)2-4-15(8)13(16)9-6-12(14)18-7-9/h3,5-8H,2,4H2,1H3. The highest BCUT2D eigenvalue weighted by Gasteiger charge is 2.29. The zero-order chi connectivity index (χ0) is 12.7. The lowest BCUT2D eigenvalue weighted by molar-refractivity contribution is 0.0680. The zero-order valence-electron chi connectivity index (χ0n) is 9.85. The van der Waals surface area contributed by atoms with Gasteiger partial charge in [0.25, 0.3) is 5.91 Å². The molecular formula is C13H12INOS2. The summed E-state index contributed by atoms with van der Waals surface area (Å²) in [6.45, 7) is 2.96. The van der Waals surface area contributed by atoms with Gasteiger partial charge in [-0.05, 0) is 59.0 Å². The van der Waals surface area contributed by atoms with Crippen molar-refractivity contribution in [1.82, 2.24) is 4.90 Å². The van der Waals surface area contributed by atoms with Crippen molar-refractivity contribution in [3.05, 3.63) is 41.8 Å². The van der Waals surface area contributed by atoms with E-state index in [1.54, 1.807) is 22.7 Å². The highest BCUT2D eigenvalue weighted by Crippen LogP contribution is 2.34. The molecule has 94 valence electrons. The number of thiophene rings is 2. The number of hydrogen-bond acceptors (Lipinski definition) is 3. The highest BCUT2D eigenvalue weighted by atomic mass is 127. The maximum absolute atomic E-state index is 12.5. The van der Waals surface area contributed by atoms with Gasteiger partial charge in [-0.25, -0.2) is 0 Å². The van der Waals surface area contributed by atoms with Crippen molar-refractivity contribution < 1.29 is 4.79 Å². The van der Waals surface area contributed by atoms with Crippen LogP contribution in [0.1, 0.15) is 33.8 Å². The van der Waals surface area contributed by atoms with Crippen LogP contribution in [-0.2, 0) is 6.42 Å². The molecule has 0 radical (unpaired) electrons. The largest absolute Gasteiger partial charge is 0.331 e. The third-order valence-electron chi connectivity index (χ3n) is 3.35. The number of hydrogen-bond donors (Lipinski definition) is 0. The Kier molecular flexibility index (Phi) is 3.46. The van der Waals surface area contributed by atoms with Gasteiger partial charge < -0.3 is 4.90 Å². The summed E-state index contributed by atoms with van der Waals surface area (Å²) in [5.41, 5.74) is 2.15. The van der Waals surface area contributed by atoms with Crippen LogP contribution in [0, 0.1) is 2.88 Å². The predicted octanol–water partition coefficient (Wildman–Crippen LogP) is 4.17. The summed E-state index contributed by atoms with van der Waals surface area (Å²) >= 11 is 5.69. The predicted molar refractivity (Wildman–Crippen MR) is 84.5 cm³/mol. The molecule has 1 aliphatic heterocycles. The zero-order valence-corrected chi connectivity index (χ0v) is 13.6. The first-order chi connectivity index (χ1) is 8.66. The number of nitrogens with zero attached hydrogens (tertiary/aromatic N) is 1. The molecule has 0 bridgehead atoms. The Bertz CT molecular complexity index is 589. The first-order valence-electron chi connectivity index (χ1n) is 5.78. The molecule has 0 N–H and O–H groups in total. The molecule has 1 amide bonds. The van der Waals surface area contributed by atoms with Gasteiger partial charge in [-0.2, -0.15) is 0 Å². The maximum Gasteiger partial charge on any atom is 0.255 e. The van der Waals surface area contributed by atoms with E-state index < -0.39 is 0 Å². The Balaban J connectivity index is 1.88. The topological polar surface area (TPSA) is 20.3 Å². The number of amides is 1. The SMILES string of the molecule is CC1c2ccsc2CCN1C(=O)c1csc(I)c1. The molecule has 1 atom stereocenters. The molecule has 0 aromatic carbocycles. The highest BCUT2D eigenvalue weighted by molar-refractivity contribution is 14.1. The number of carbonyl (C=O) groups excluding carboxylic acids is 1. The molecule has 18 heavy (non-hydrogen) atoms. The molecule has 1 aliphatic rings. The van der Waals surface area contributed by atoms with E-state index in [0.717, 1.165) is 21.4 Å². The summed E-state index contributed by atoms with van der Waals surface area (Å²) in [6.07, 6.45) is 0.990. The van der Waals surface area contributed by atoms with Gasteiger partial charge in [-0.3, -0.25) is 4.79 Å². The fourth-order valence-electron chi connectivity index (χ4n) is 2.37. The second-order valence-corrected chi connectivity index (χ2v) is 8.17. The molecule has 1 unspecified atom stereocenters. The first-order valence-corrected chi connectivity index (χ1v) is 8.62. The summed E-state index contributed by atoms with van der Waals surface area (Å²) in [4.78, 5) is 15.9. The molecule has 0 saturated carbocycles. The van der Waals surface area contributed by atoms with Crippen molar-refractivity contribution in [3.63, 3.8) is 0 Å². The third kappa shape index (κ3) is 2.12. The van der Waals surface area contributed by atoms with E-state index in [4.69, 9.17) is 0 Å². The van der Waals surface area contributed by atoms with Crippen LogP contribution in [0.3, 0.4) is 0 Å². The normalized spacial score (nSPS) is 18.8. The van der Waals surface area contributed by atoms with E-state index in [-0.39, 0.29) is 11.9 Å². The molecule has 0 aliphatic carbocycles. The molecule has 0 saturated heterocycles. The van der Waals surface area contributed by atoms with Crippen molar-refractivity contribution in [2.45, 2.75) is 19.4 Å². The summed E-state index contributed by atoms with van der Waals surface area (Å²) in [5, 5.41) is 4.09. The minimum absolute atomic E-state index is 0.165. The molecule has 2 aromatic heterocycles. The fourth-order valence-corrected chi connectivity index (χ4v) is 4.66. The molecule has 2 nitrogen and oxygen atoms in total. The van der Waals surface area contributed by atoms with Gasteiger partial charge in [-0.15, -0.1) is 22.7 Å². The van der Waals surface area contributed by atoms with Gasteiger partial charge in [0.15, 0.2) is 0 Å². The minimum atomic E-state index is 0.165. The number of halogens is 1. The van der Waals surface area contributed by atoms with Crippen molar-refractivity contribution in [2.24, 2.45) is 0 Å². The number of carbonyl (C=O) groups is 1. The summed E-state index contributed by atoms with van der Waals surface area (Å²) < 4.78 is 1.16. The van der Waals surface area contributed by atoms with Gasteiger partial charge in [0.05, 0.1) is 14.5 Å². The monoisotopic (exact) mass is 389 g/mol. The summed E-state index contributed by atoms with van der Waals surface area (Å²) in [7, 11) is 0. The van der Waals surface area contributed by atoms with Gasteiger partial charge in [0.2, 0.25) is 0 Å². The number of rotatable bonds is 1. The average Bonchev–Trinajstić information content (AvgIpc) is 2.97. The van der Waals surface area contributed by atoms with Crippen LogP contribution in [-0.4, -0.2) is 17.4 Å². The van der Waals surface area contributed by atoms with Crippen LogP contribution >= 0.6 is 45.3 Å². The van der Waals surface area contributed by atoms with Crippen molar-refractivity contribution in [2.75, 3.05) is 6.54 Å². The second-order valence-electron chi connectivity index (χ2n) is 4.36. The molecular weight excluding hydrogens is 377 g/mol. The molecule has 0 spiro atoms. The minimum Gasteiger partial charge on any atom is -0.331 e. The van der Waals surface area contributed by atoms with Crippen molar-refractivity contribution >= 4 is 51.2 Å². The van der Waals surface area contributed by atoms with Crippen LogP contribution in [0.15, 0.2) is 22.9 Å². The van der Waals surface area contributed by atoms with E-state index in [1.165, 1.54) is 10.4 Å². The van der Waals surface area contributed by atoms with E-state index in [2.05, 4.69) is 41.0 Å². The Morgan fingerprint density at radius 2 is 2.33 bits per heavy atom. The smallest absolute Gasteiger partial charge is 0.255 e. The molecule has 0 fully saturated rings. The van der Waals surface area contributed by atoms with Crippen molar-refractivity contribution in [3.8, 4) is 0 Å². The van der Waals surface area contributed by atoms with Crippen LogP contribution in [0.25, 0.3) is 0 Å². The first kappa shape index (κ1) is 12.6. The van der Waals surface area contributed by atoms with E-state index in [1.807, 2.05) is 16.3 Å². The van der Waals surface area contributed by atoms with Gasteiger partial charge in [0, 0.05) is 16.8 Å². The third-order valence-corrected chi connectivity index (χ3v) is 6.14. The van der Waals surface area contributed by atoms with Gasteiger partial charge in [0.1, 0.15) is 0 Å². The fraction of sp³-hybridized carbons (Fsp3) is 0.308.